The van der Waals surface area contributed by atoms with Crippen LogP contribution < -0.4 is 5.32 Å². The molecule has 4 nitrogen and oxygen atoms in total. The van der Waals surface area contributed by atoms with Crippen LogP contribution in [0.3, 0.4) is 0 Å². The molecule has 0 fully saturated rings. The maximum absolute atomic E-state index is 11.6. The third kappa shape index (κ3) is 4.68. The molecule has 0 atom stereocenters. The number of aromatic nitrogens is 1. The maximum atomic E-state index is 11.6. The second kappa shape index (κ2) is 5.99. The SMILES string of the molecule is Cc1coc(NC(=O)CCCC=C(F)F)n1. The van der Waals surface area contributed by atoms with Gasteiger partial charge < -0.3 is 4.42 Å². The normalized spacial score (nSPS) is 9.94. The number of carbonyl (C=O) groups is 1. The first kappa shape index (κ1) is 12.4. The fourth-order valence-corrected chi connectivity index (χ4v) is 1.07. The van der Waals surface area contributed by atoms with Gasteiger partial charge in [0.25, 0.3) is 6.08 Å². The van der Waals surface area contributed by atoms with Crippen LogP contribution in [-0.2, 0) is 4.79 Å². The van der Waals surface area contributed by atoms with Gasteiger partial charge in [0.2, 0.25) is 5.91 Å². The van der Waals surface area contributed by atoms with E-state index in [4.69, 9.17) is 4.42 Å². The second-order valence-corrected chi connectivity index (χ2v) is 3.23. The van der Waals surface area contributed by atoms with E-state index in [1.807, 2.05) is 0 Å². The molecule has 0 unspecified atom stereocenters. The topological polar surface area (TPSA) is 55.1 Å². The summed E-state index contributed by atoms with van der Waals surface area (Å²) in [7, 11) is 0. The lowest BCUT2D eigenvalue weighted by Crippen LogP contribution is -2.11. The molecule has 1 aromatic heterocycles. The van der Waals surface area contributed by atoms with Crippen molar-refractivity contribution in [2.45, 2.75) is 26.2 Å². The van der Waals surface area contributed by atoms with Crippen LogP contribution in [0.15, 0.2) is 22.8 Å². The van der Waals surface area contributed by atoms with Gasteiger partial charge in [-0.3, -0.25) is 10.1 Å². The molecule has 0 saturated heterocycles. The van der Waals surface area contributed by atoms with Gasteiger partial charge in [-0.1, -0.05) is 0 Å². The largest absolute Gasteiger partial charge is 0.432 e. The number of unbranched alkanes of at least 4 members (excludes halogenated alkanes) is 1. The highest BCUT2D eigenvalue weighted by molar-refractivity contribution is 5.88. The van der Waals surface area contributed by atoms with Crippen LogP contribution in [-0.4, -0.2) is 10.9 Å². The molecule has 1 N–H and O–H groups in total. The van der Waals surface area contributed by atoms with Gasteiger partial charge in [-0.15, -0.1) is 0 Å². The number of aryl methyl sites for hydroxylation is 1. The first-order chi connectivity index (χ1) is 7.58. The number of nitrogens with one attached hydrogen (secondary N) is 1. The van der Waals surface area contributed by atoms with E-state index in [9.17, 15) is 13.6 Å². The predicted octanol–water partition coefficient (Wildman–Crippen LogP) is 2.87. The minimum atomic E-state index is -1.72. The Morgan fingerprint density at radius 1 is 1.62 bits per heavy atom. The van der Waals surface area contributed by atoms with Crippen LogP contribution in [0.25, 0.3) is 0 Å². The molecule has 1 rings (SSSR count). The monoisotopic (exact) mass is 230 g/mol. The molecule has 88 valence electrons. The standard InChI is InChI=1S/C10H12F2N2O2/c1-7-6-16-10(13-7)14-9(15)5-3-2-4-8(11)12/h4,6H,2-3,5H2,1H3,(H,13,14,15). The Kier molecular flexibility index (Phi) is 4.63. The highest BCUT2D eigenvalue weighted by atomic mass is 19.3. The zero-order chi connectivity index (χ0) is 12.0. The molecule has 0 aliphatic rings. The number of oxazole rings is 1. The third-order valence-electron chi connectivity index (χ3n) is 1.77. The summed E-state index contributed by atoms with van der Waals surface area (Å²) in [6, 6.07) is 0.134. The number of amides is 1. The second-order valence-electron chi connectivity index (χ2n) is 3.23. The Bertz CT molecular complexity index is 384. The van der Waals surface area contributed by atoms with Crippen molar-refractivity contribution >= 4 is 11.9 Å². The molecule has 1 aromatic rings. The molecule has 0 bridgehead atoms. The van der Waals surface area contributed by atoms with E-state index >= 15 is 0 Å². The lowest BCUT2D eigenvalue weighted by atomic mass is 10.2. The highest BCUT2D eigenvalue weighted by Crippen LogP contribution is 2.08. The molecule has 0 aromatic carbocycles. The summed E-state index contributed by atoms with van der Waals surface area (Å²) in [5, 5.41) is 2.43. The van der Waals surface area contributed by atoms with Crippen molar-refractivity contribution in [3.63, 3.8) is 0 Å². The van der Waals surface area contributed by atoms with Gasteiger partial charge in [-0.25, -0.2) is 0 Å². The van der Waals surface area contributed by atoms with Crippen LogP contribution in [0.1, 0.15) is 25.0 Å². The summed E-state index contributed by atoms with van der Waals surface area (Å²) in [6.45, 7) is 1.73. The van der Waals surface area contributed by atoms with Crippen LogP contribution in [0.4, 0.5) is 14.8 Å². The van der Waals surface area contributed by atoms with Crippen molar-refractivity contribution in [3.05, 3.63) is 24.1 Å². The number of halogens is 2. The molecular formula is C10H12F2N2O2. The van der Waals surface area contributed by atoms with Gasteiger partial charge in [0.05, 0.1) is 5.69 Å². The lowest BCUT2D eigenvalue weighted by molar-refractivity contribution is -0.116. The summed E-state index contributed by atoms with van der Waals surface area (Å²) in [5.74, 6) is -0.297. The number of hydrogen-bond donors (Lipinski definition) is 1. The molecule has 6 heteroatoms. The summed E-state index contributed by atoms with van der Waals surface area (Å²) in [5.41, 5.74) is 0.665. The first-order valence-electron chi connectivity index (χ1n) is 4.81. The minimum absolute atomic E-state index is 0.134. The Hall–Kier alpha value is -1.72. The molecule has 16 heavy (non-hydrogen) atoms. The van der Waals surface area contributed by atoms with Crippen LogP contribution in [0.2, 0.25) is 0 Å². The van der Waals surface area contributed by atoms with Gasteiger partial charge in [-0.05, 0) is 25.8 Å². The van der Waals surface area contributed by atoms with Crippen molar-refractivity contribution in [1.82, 2.24) is 4.98 Å². The fraction of sp³-hybridized carbons (Fsp3) is 0.400. The van der Waals surface area contributed by atoms with E-state index in [2.05, 4.69) is 10.3 Å². The van der Waals surface area contributed by atoms with Crippen LogP contribution in [0.5, 0.6) is 0 Å². The zero-order valence-corrected chi connectivity index (χ0v) is 8.80. The fourth-order valence-electron chi connectivity index (χ4n) is 1.07. The van der Waals surface area contributed by atoms with Crippen molar-refractivity contribution < 1.29 is 18.0 Å². The van der Waals surface area contributed by atoms with E-state index in [1.54, 1.807) is 6.92 Å². The molecule has 0 radical (unpaired) electrons. The average Bonchev–Trinajstić information content (AvgIpc) is 2.58. The van der Waals surface area contributed by atoms with E-state index in [1.165, 1.54) is 6.26 Å². The number of allylic oxidation sites excluding steroid dienone is 1. The summed E-state index contributed by atoms with van der Waals surface area (Å²) in [4.78, 5) is 15.1. The van der Waals surface area contributed by atoms with E-state index < -0.39 is 6.08 Å². The maximum Gasteiger partial charge on any atom is 0.301 e. The Morgan fingerprint density at radius 2 is 2.38 bits per heavy atom. The minimum Gasteiger partial charge on any atom is -0.432 e. The number of anilines is 1. The first-order valence-corrected chi connectivity index (χ1v) is 4.81. The Labute approximate surface area is 91.4 Å². The van der Waals surface area contributed by atoms with Gasteiger partial charge >= 0.3 is 6.01 Å². The number of nitrogens with zero attached hydrogens (tertiary/aromatic N) is 1. The van der Waals surface area contributed by atoms with E-state index in [-0.39, 0.29) is 24.8 Å². The number of carbonyl (C=O) groups excluding carboxylic acids is 1. The summed E-state index contributed by atoms with van der Waals surface area (Å²) in [6.07, 6.45) is 1.19. The number of rotatable bonds is 5. The number of hydrogen-bond acceptors (Lipinski definition) is 3. The van der Waals surface area contributed by atoms with E-state index in [0.717, 1.165) is 6.08 Å². The smallest absolute Gasteiger partial charge is 0.301 e. The van der Waals surface area contributed by atoms with Gasteiger partial charge in [-0.2, -0.15) is 13.8 Å². The highest BCUT2D eigenvalue weighted by Gasteiger charge is 2.05. The lowest BCUT2D eigenvalue weighted by Gasteiger charge is -1.98. The van der Waals surface area contributed by atoms with Gasteiger partial charge in [0.1, 0.15) is 6.26 Å². The molecule has 0 saturated carbocycles. The van der Waals surface area contributed by atoms with Gasteiger partial charge in [0, 0.05) is 6.42 Å². The predicted molar refractivity (Wildman–Crippen MR) is 54.0 cm³/mol. The molecule has 1 heterocycles. The molecule has 0 aliphatic heterocycles. The van der Waals surface area contributed by atoms with Crippen molar-refractivity contribution in [1.29, 1.82) is 0 Å². The Morgan fingerprint density at radius 3 is 2.94 bits per heavy atom. The van der Waals surface area contributed by atoms with Crippen LogP contribution in [0, 0.1) is 6.92 Å². The molecule has 1 amide bonds. The Balaban J connectivity index is 2.24. The zero-order valence-electron chi connectivity index (χ0n) is 8.80. The van der Waals surface area contributed by atoms with Crippen molar-refractivity contribution in [2.24, 2.45) is 0 Å². The van der Waals surface area contributed by atoms with Crippen molar-refractivity contribution in [3.8, 4) is 0 Å². The quantitative estimate of drug-likeness (QED) is 0.791. The third-order valence-corrected chi connectivity index (χ3v) is 1.77. The molecule has 0 aliphatic carbocycles. The van der Waals surface area contributed by atoms with Gasteiger partial charge in [0.15, 0.2) is 0 Å². The molecule has 0 spiro atoms. The average molecular weight is 230 g/mol. The van der Waals surface area contributed by atoms with E-state index in [0.29, 0.717) is 12.1 Å². The molecular weight excluding hydrogens is 218 g/mol. The van der Waals surface area contributed by atoms with Crippen molar-refractivity contribution in [2.75, 3.05) is 5.32 Å². The van der Waals surface area contributed by atoms with Crippen LogP contribution >= 0.6 is 0 Å². The summed E-state index contributed by atoms with van der Waals surface area (Å²) < 4.78 is 28.2. The summed E-state index contributed by atoms with van der Waals surface area (Å²) >= 11 is 0.